The molecule has 3 amide bonds. The van der Waals surface area contributed by atoms with Crippen LogP contribution in [0.4, 0.5) is 4.79 Å². The van der Waals surface area contributed by atoms with Crippen molar-refractivity contribution in [3.63, 3.8) is 0 Å². The Morgan fingerprint density at radius 3 is 2.21 bits per heavy atom. The van der Waals surface area contributed by atoms with Gasteiger partial charge in [0, 0.05) is 24.2 Å². The normalized spacial score (nSPS) is 21.2. The van der Waals surface area contributed by atoms with Crippen LogP contribution in [-0.2, 0) is 14.3 Å². The van der Waals surface area contributed by atoms with Crippen molar-refractivity contribution in [3.8, 4) is 11.5 Å². The zero-order valence-corrected chi connectivity index (χ0v) is 15.0. The molecule has 28 heavy (non-hydrogen) atoms. The first-order chi connectivity index (χ1) is 13.6. The number of hydrogen-bond acceptors (Lipinski definition) is 5. The maximum Gasteiger partial charge on any atom is 0.417 e. The van der Waals surface area contributed by atoms with E-state index in [2.05, 4.69) is 0 Å². The third-order valence-corrected chi connectivity index (χ3v) is 5.55. The second kappa shape index (κ2) is 6.37. The van der Waals surface area contributed by atoms with Gasteiger partial charge in [-0.15, -0.1) is 0 Å². The summed E-state index contributed by atoms with van der Waals surface area (Å²) in [6.07, 6.45) is -0.0647. The molecule has 2 saturated heterocycles. The Balaban J connectivity index is 1.45. The van der Waals surface area contributed by atoms with Gasteiger partial charge < -0.3 is 14.4 Å². The van der Waals surface area contributed by atoms with Crippen LogP contribution in [0.5, 0.6) is 11.5 Å². The lowest BCUT2D eigenvalue weighted by molar-refractivity contribution is -0.132. The topological polar surface area (TPSA) is 76.2 Å². The summed E-state index contributed by atoms with van der Waals surface area (Å²) in [6, 6.07) is 14.7. The number of para-hydroxylation sites is 2. The summed E-state index contributed by atoms with van der Waals surface area (Å²) in [6.45, 7) is 0.591. The average molecular weight is 378 g/mol. The third-order valence-electron chi connectivity index (χ3n) is 5.55. The molecule has 7 nitrogen and oxygen atoms in total. The highest BCUT2D eigenvalue weighted by Crippen LogP contribution is 2.45. The van der Waals surface area contributed by atoms with E-state index in [1.54, 1.807) is 4.90 Å². The van der Waals surface area contributed by atoms with Gasteiger partial charge in [-0.25, -0.2) is 9.69 Å². The number of cyclic esters (lactones) is 1. The van der Waals surface area contributed by atoms with Gasteiger partial charge in [0.25, 0.3) is 5.91 Å². The van der Waals surface area contributed by atoms with Gasteiger partial charge in [-0.2, -0.15) is 0 Å². The number of carbonyl (C=O) groups is 3. The maximum absolute atomic E-state index is 13.5. The average Bonchev–Trinajstić information content (AvgIpc) is 3.32. The van der Waals surface area contributed by atoms with Gasteiger partial charge in [0.2, 0.25) is 5.91 Å². The van der Waals surface area contributed by atoms with Gasteiger partial charge in [0.15, 0.2) is 6.61 Å². The zero-order chi connectivity index (χ0) is 19.3. The summed E-state index contributed by atoms with van der Waals surface area (Å²) in [5, 5.41) is 0. The number of rotatable bonds is 2. The molecule has 0 unspecified atom stereocenters. The molecule has 0 aromatic heterocycles. The third kappa shape index (κ3) is 2.54. The fraction of sp³-hybridized carbons (Fsp3) is 0.286. The first kappa shape index (κ1) is 16.8. The van der Waals surface area contributed by atoms with Crippen molar-refractivity contribution >= 4 is 17.9 Å². The van der Waals surface area contributed by atoms with E-state index in [0.717, 1.165) is 16.0 Å². The van der Waals surface area contributed by atoms with E-state index in [1.165, 1.54) is 0 Å². The summed E-state index contributed by atoms with van der Waals surface area (Å²) >= 11 is 0. The van der Waals surface area contributed by atoms with Crippen LogP contribution in [0.15, 0.2) is 48.5 Å². The zero-order valence-electron chi connectivity index (χ0n) is 15.0. The summed E-state index contributed by atoms with van der Waals surface area (Å²) in [4.78, 5) is 40.2. The van der Waals surface area contributed by atoms with Gasteiger partial charge >= 0.3 is 6.09 Å². The maximum atomic E-state index is 13.5. The Morgan fingerprint density at radius 1 is 0.964 bits per heavy atom. The monoisotopic (exact) mass is 378 g/mol. The molecular formula is C21H18N2O5. The molecule has 0 radical (unpaired) electrons. The van der Waals surface area contributed by atoms with Crippen LogP contribution in [0.25, 0.3) is 0 Å². The molecule has 3 aliphatic heterocycles. The van der Waals surface area contributed by atoms with Gasteiger partial charge in [0.1, 0.15) is 11.5 Å². The van der Waals surface area contributed by atoms with Crippen LogP contribution < -0.4 is 4.74 Å². The molecule has 0 saturated carbocycles. The number of nitrogens with zero attached hydrogens (tertiary/aromatic N) is 2. The van der Waals surface area contributed by atoms with Crippen molar-refractivity contribution in [1.29, 1.82) is 0 Å². The molecule has 0 aliphatic carbocycles. The number of ether oxygens (including phenoxy) is 2. The Labute approximate surface area is 161 Å². The molecule has 2 fully saturated rings. The van der Waals surface area contributed by atoms with Crippen LogP contribution in [-0.4, -0.2) is 53.4 Å². The van der Waals surface area contributed by atoms with Crippen LogP contribution in [0.1, 0.15) is 23.5 Å². The minimum Gasteiger partial charge on any atom is -0.457 e. The number of hydrogen-bond donors (Lipinski definition) is 0. The summed E-state index contributed by atoms with van der Waals surface area (Å²) in [7, 11) is 0. The number of carbonyl (C=O) groups excluding carboxylic acids is 3. The highest BCUT2D eigenvalue weighted by molar-refractivity contribution is 5.98. The molecular weight excluding hydrogens is 360 g/mol. The van der Waals surface area contributed by atoms with E-state index in [-0.39, 0.29) is 24.5 Å². The fourth-order valence-electron chi connectivity index (χ4n) is 4.23. The minimum absolute atomic E-state index is 0.0503. The molecule has 0 spiro atoms. The lowest BCUT2D eigenvalue weighted by Gasteiger charge is -2.30. The van der Waals surface area contributed by atoms with Crippen LogP contribution in [0, 0.1) is 0 Å². The largest absolute Gasteiger partial charge is 0.457 e. The Morgan fingerprint density at radius 2 is 1.61 bits per heavy atom. The molecule has 3 heterocycles. The second-order valence-corrected chi connectivity index (χ2v) is 7.16. The van der Waals surface area contributed by atoms with E-state index < -0.39 is 12.0 Å². The molecule has 2 aromatic carbocycles. The standard InChI is InChI=1S/C21H18N2O5/c24-18-12-27-21(26)23(18)13-9-10-22(11-13)20(25)19-14-5-1-3-7-16(14)28-17-8-4-2-6-15(17)19/h1-8,13,19H,9-12H2/t13-/m1/s1. The highest BCUT2D eigenvalue weighted by atomic mass is 16.6. The van der Waals surface area contributed by atoms with Crippen molar-refractivity contribution in [2.75, 3.05) is 19.7 Å². The van der Waals surface area contributed by atoms with E-state index in [9.17, 15) is 14.4 Å². The number of likely N-dealkylation sites (tertiary alicyclic amines) is 1. The fourth-order valence-corrected chi connectivity index (χ4v) is 4.23. The molecule has 1 atom stereocenters. The summed E-state index contributed by atoms with van der Waals surface area (Å²) < 4.78 is 10.8. The minimum atomic E-state index is -0.619. The van der Waals surface area contributed by atoms with Gasteiger partial charge in [-0.1, -0.05) is 36.4 Å². The first-order valence-corrected chi connectivity index (χ1v) is 9.27. The first-order valence-electron chi connectivity index (χ1n) is 9.27. The van der Waals surface area contributed by atoms with Crippen molar-refractivity contribution in [2.24, 2.45) is 0 Å². The molecule has 0 bridgehead atoms. The molecule has 3 aliphatic rings. The highest BCUT2D eigenvalue weighted by Gasteiger charge is 2.43. The van der Waals surface area contributed by atoms with Crippen LogP contribution >= 0.6 is 0 Å². The summed E-state index contributed by atoms with van der Waals surface area (Å²) in [5.41, 5.74) is 1.65. The number of imide groups is 1. The van der Waals surface area contributed by atoms with Crippen molar-refractivity contribution in [1.82, 2.24) is 9.80 Å². The summed E-state index contributed by atoms with van der Waals surface area (Å²) in [5.74, 6) is 0.486. The van der Waals surface area contributed by atoms with Gasteiger partial charge in [-0.05, 0) is 18.6 Å². The molecule has 0 N–H and O–H groups in total. The predicted octanol–water partition coefficient (Wildman–Crippen LogP) is 2.50. The van der Waals surface area contributed by atoms with Crippen LogP contribution in [0.3, 0.4) is 0 Å². The quantitative estimate of drug-likeness (QED) is 0.803. The lowest BCUT2D eigenvalue weighted by atomic mass is 9.87. The van der Waals surface area contributed by atoms with Crippen molar-refractivity contribution in [3.05, 3.63) is 59.7 Å². The van der Waals surface area contributed by atoms with E-state index in [4.69, 9.17) is 9.47 Å². The van der Waals surface area contributed by atoms with Gasteiger partial charge in [0.05, 0.1) is 12.0 Å². The van der Waals surface area contributed by atoms with E-state index in [0.29, 0.717) is 31.0 Å². The molecule has 5 rings (SSSR count). The molecule has 142 valence electrons. The van der Waals surface area contributed by atoms with Crippen molar-refractivity contribution < 1.29 is 23.9 Å². The Bertz CT molecular complexity index is 927. The molecule has 7 heteroatoms. The van der Waals surface area contributed by atoms with E-state index >= 15 is 0 Å². The smallest absolute Gasteiger partial charge is 0.417 e. The lowest BCUT2D eigenvalue weighted by Crippen LogP contribution is -2.43. The Hall–Kier alpha value is -3.35. The number of fused-ring (bicyclic) bond motifs is 2. The predicted molar refractivity (Wildman–Crippen MR) is 98.0 cm³/mol. The number of benzene rings is 2. The van der Waals surface area contributed by atoms with Gasteiger partial charge in [-0.3, -0.25) is 9.59 Å². The Kier molecular flexibility index (Phi) is 3.82. The van der Waals surface area contributed by atoms with Crippen LogP contribution in [0.2, 0.25) is 0 Å². The SMILES string of the molecule is O=C(C1c2ccccc2Oc2ccccc21)N1CC[C@@H](N2C(=O)COC2=O)C1. The van der Waals surface area contributed by atoms with Crippen molar-refractivity contribution in [2.45, 2.75) is 18.4 Å². The second-order valence-electron chi connectivity index (χ2n) is 7.16. The number of amides is 3. The molecule has 2 aromatic rings. The van der Waals surface area contributed by atoms with E-state index in [1.807, 2.05) is 48.5 Å².